The molecule has 0 unspecified atom stereocenters. The zero-order valence-electron chi connectivity index (χ0n) is 10.6. The summed E-state index contributed by atoms with van der Waals surface area (Å²) in [7, 11) is 1.86. The molecule has 0 saturated carbocycles. The van der Waals surface area contributed by atoms with Crippen molar-refractivity contribution in [2.24, 2.45) is 5.73 Å². The first-order valence-electron chi connectivity index (χ1n) is 5.92. The van der Waals surface area contributed by atoms with E-state index in [4.69, 9.17) is 5.73 Å². The van der Waals surface area contributed by atoms with E-state index in [2.05, 4.69) is 24.4 Å². The molecular formula is C13H21N3O. The molecule has 0 aliphatic rings. The van der Waals surface area contributed by atoms with Gasteiger partial charge >= 0.3 is 0 Å². The molecule has 4 nitrogen and oxygen atoms in total. The van der Waals surface area contributed by atoms with Gasteiger partial charge in [0.2, 0.25) is 5.91 Å². The number of benzene rings is 1. The molecule has 3 N–H and O–H groups in total. The maximum Gasteiger partial charge on any atom is 0.236 e. The first-order valence-corrected chi connectivity index (χ1v) is 5.92. The lowest BCUT2D eigenvalue weighted by molar-refractivity contribution is -0.116. The van der Waals surface area contributed by atoms with Gasteiger partial charge in [-0.1, -0.05) is 19.1 Å². The lowest BCUT2D eigenvalue weighted by Gasteiger charge is -2.17. The Morgan fingerprint density at radius 3 is 2.53 bits per heavy atom. The van der Waals surface area contributed by atoms with Crippen molar-refractivity contribution < 1.29 is 4.79 Å². The van der Waals surface area contributed by atoms with Crippen molar-refractivity contribution in [1.29, 1.82) is 0 Å². The summed E-state index contributed by atoms with van der Waals surface area (Å²) in [4.78, 5) is 12.6. The number of nitrogens with one attached hydrogen (secondary N) is 1. The van der Waals surface area contributed by atoms with Gasteiger partial charge in [0.25, 0.3) is 0 Å². The molecule has 1 aromatic rings. The summed E-state index contributed by atoms with van der Waals surface area (Å²) >= 11 is 0. The van der Waals surface area contributed by atoms with Gasteiger partial charge in [-0.3, -0.25) is 4.79 Å². The Labute approximate surface area is 103 Å². The third kappa shape index (κ3) is 4.87. The molecule has 0 aliphatic heterocycles. The Hall–Kier alpha value is -1.55. The van der Waals surface area contributed by atoms with Gasteiger partial charge in [-0.15, -0.1) is 0 Å². The molecule has 1 amide bonds. The lowest BCUT2D eigenvalue weighted by atomic mass is 10.2. The topological polar surface area (TPSA) is 58.4 Å². The highest BCUT2D eigenvalue weighted by Crippen LogP contribution is 2.13. The minimum absolute atomic E-state index is 0.243. The molecule has 0 spiro atoms. The number of nitrogens with two attached hydrogens (primary N) is 1. The Bertz CT molecular complexity index is 348. The molecule has 94 valence electrons. The number of hydrogen-bond acceptors (Lipinski definition) is 3. The zero-order valence-corrected chi connectivity index (χ0v) is 10.6. The third-order valence-electron chi connectivity index (χ3n) is 2.53. The van der Waals surface area contributed by atoms with Crippen molar-refractivity contribution in [1.82, 2.24) is 5.32 Å². The number of carbonyl (C=O) groups excluding carboxylic acids is 1. The highest BCUT2D eigenvalue weighted by Gasteiger charge is 2.03. The van der Waals surface area contributed by atoms with Gasteiger partial charge in [-0.05, 0) is 30.7 Å². The molecule has 0 saturated heterocycles. The summed E-state index contributed by atoms with van der Waals surface area (Å²) < 4.78 is 0. The van der Waals surface area contributed by atoms with Crippen LogP contribution in [0.5, 0.6) is 0 Å². The number of rotatable bonds is 7. The molecule has 1 rings (SSSR count). The van der Waals surface area contributed by atoms with E-state index in [0.29, 0.717) is 0 Å². The number of anilines is 1. The SMILES string of the molecule is CCCNCc1ccc(N(C)CC(N)=O)cc1. The van der Waals surface area contributed by atoms with Crippen LogP contribution >= 0.6 is 0 Å². The van der Waals surface area contributed by atoms with Gasteiger partial charge in [0, 0.05) is 19.3 Å². The average Bonchev–Trinajstić information content (AvgIpc) is 2.29. The van der Waals surface area contributed by atoms with Crippen molar-refractivity contribution in [2.75, 3.05) is 25.0 Å². The van der Waals surface area contributed by atoms with Crippen molar-refractivity contribution >= 4 is 11.6 Å². The minimum atomic E-state index is -0.318. The van der Waals surface area contributed by atoms with Crippen LogP contribution in [-0.4, -0.2) is 26.0 Å². The second-order valence-electron chi connectivity index (χ2n) is 4.17. The molecule has 0 atom stereocenters. The molecule has 0 fully saturated rings. The van der Waals surface area contributed by atoms with Crippen LogP contribution in [0.15, 0.2) is 24.3 Å². The van der Waals surface area contributed by atoms with E-state index in [1.54, 1.807) is 0 Å². The number of primary amides is 1. The van der Waals surface area contributed by atoms with Gasteiger partial charge in [0.05, 0.1) is 6.54 Å². The Balaban J connectivity index is 2.52. The van der Waals surface area contributed by atoms with E-state index in [-0.39, 0.29) is 12.5 Å². The normalized spacial score (nSPS) is 10.2. The van der Waals surface area contributed by atoms with Crippen LogP contribution in [0.25, 0.3) is 0 Å². The highest BCUT2D eigenvalue weighted by atomic mass is 16.1. The van der Waals surface area contributed by atoms with Crippen LogP contribution in [0.4, 0.5) is 5.69 Å². The predicted octanol–water partition coefficient (Wildman–Crippen LogP) is 1.11. The van der Waals surface area contributed by atoms with Crippen LogP contribution < -0.4 is 16.0 Å². The first kappa shape index (κ1) is 13.5. The number of amides is 1. The molecule has 0 aliphatic carbocycles. The molecule has 0 radical (unpaired) electrons. The molecule has 1 aromatic carbocycles. The second kappa shape index (κ2) is 6.91. The first-order chi connectivity index (χ1) is 8.13. The Morgan fingerprint density at radius 2 is 2.00 bits per heavy atom. The third-order valence-corrected chi connectivity index (χ3v) is 2.53. The molecule has 0 bridgehead atoms. The van der Waals surface area contributed by atoms with E-state index < -0.39 is 0 Å². The smallest absolute Gasteiger partial charge is 0.236 e. The van der Waals surface area contributed by atoms with Crippen molar-refractivity contribution in [3.8, 4) is 0 Å². The molecule has 17 heavy (non-hydrogen) atoms. The second-order valence-corrected chi connectivity index (χ2v) is 4.17. The molecule has 0 aromatic heterocycles. The van der Waals surface area contributed by atoms with E-state index in [0.717, 1.165) is 25.2 Å². The van der Waals surface area contributed by atoms with Crippen LogP contribution in [0.1, 0.15) is 18.9 Å². The summed E-state index contributed by atoms with van der Waals surface area (Å²) in [6, 6.07) is 8.14. The summed E-state index contributed by atoms with van der Waals surface area (Å²) in [5.41, 5.74) is 7.40. The predicted molar refractivity (Wildman–Crippen MR) is 70.9 cm³/mol. The maximum absolute atomic E-state index is 10.8. The monoisotopic (exact) mass is 235 g/mol. The fourth-order valence-corrected chi connectivity index (χ4v) is 1.60. The van der Waals surface area contributed by atoms with Gasteiger partial charge in [0.15, 0.2) is 0 Å². The molecule has 0 heterocycles. The molecule has 4 heteroatoms. The van der Waals surface area contributed by atoms with E-state index in [1.807, 2.05) is 24.1 Å². The fraction of sp³-hybridized carbons (Fsp3) is 0.462. The van der Waals surface area contributed by atoms with E-state index in [9.17, 15) is 4.79 Å². The number of hydrogen-bond donors (Lipinski definition) is 2. The fourth-order valence-electron chi connectivity index (χ4n) is 1.60. The van der Waals surface area contributed by atoms with Gasteiger partial charge < -0.3 is 16.0 Å². The Kier molecular flexibility index (Phi) is 5.49. The minimum Gasteiger partial charge on any atom is -0.368 e. The van der Waals surface area contributed by atoms with Gasteiger partial charge in [0.1, 0.15) is 0 Å². The largest absolute Gasteiger partial charge is 0.368 e. The van der Waals surface area contributed by atoms with Crippen LogP contribution in [0.2, 0.25) is 0 Å². The van der Waals surface area contributed by atoms with Crippen molar-refractivity contribution in [3.05, 3.63) is 29.8 Å². The summed E-state index contributed by atoms with van der Waals surface area (Å²) in [6.45, 7) is 4.30. The average molecular weight is 235 g/mol. The van der Waals surface area contributed by atoms with Gasteiger partial charge in [-0.2, -0.15) is 0 Å². The van der Waals surface area contributed by atoms with E-state index in [1.165, 1.54) is 5.56 Å². The summed E-state index contributed by atoms with van der Waals surface area (Å²) in [5, 5.41) is 3.34. The van der Waals surface area contributed by atoms with Gasteiger partial charge in [-0.25, -0.2) is 0 Å². The lowest BCUT2D eigenvalue weighted by Crippen LogP contribution is -2.30. The molecular weight excluding hydrogens is 214 g/mol. The van der Waals surface area contributed by atoms with Crippen LogP contribution in [-0.2, 0) is 11.3 Å². The number of nitrogens with zero attached hydrogens (tertiary/aromatic N) is 1. The summed E-state index contributed by atoms with van der Waals surface area (Å²) in [6.07, 6.45) is 1.14. The van der Waals surface area contributed by atoms with E-state index >= 15 is 0 Å². The maximum atomic E-state index is 10.8. The van der Waals surface area contributed by atoms with Crippen LogP contribution in [0, 0.1) is 0 Å². The zero-order chi connectivity index (χ0) is 12.7. The highest BCUT2D eigenvalue weighted by molar-refractivity contribution is 5.79. The number of likely N-dealkylation sites (N-methyl/N-ethyl adjacent to an activating group) is 1. The van der Waals surface area contributed by atoms with Crippen molar-refractivity contribution in [2.45, 2.75) is 19.9 Å². The summed E-state index contributed by atoms with van der Waals surface area (Å²) in [5.74, 6) is -0.318. The van der Waals surface area contributed by atoms with Crippen LogP contribution in [0.3, 0.4) is 0 Å². The Morgan fingerprint density at radius 1 is 1.35 bits per heavy atom. The van der Waals surface area contributed by atoms with Crippen molar-refractivity contribution in [3.63, 3.8) is 0 Å². The quantitative estimate of drug-likeness (QED) is 0.696. The standard InChI is InChI=1S/C13H21N3O/c1-3-8-15-9-11-4-6-12(7-5-11)16(2)10-13(14)17/h4-7,15H,3,8-10H2,1-2H3,(H2,14,17). The number of carbonyl (C=O) groups is 1.